The fourth-order valence-corrected chi connectivity index (χ4v) is 5.77. The Kier molecular flexibility index (Phi) is 4.73. The van der Waals surface area contributed by atoms with Crippen molar-refractivity contribution in [2.75, 3.05) is 18.7 Å². The van der Waals surface area contributed by atoms with Gasteiger partial charge in [-0.05, 0) is 31.4 Å². The SMILES string of the molecule is COC(=O)c1c(NC23CC(S(C)(=O)=O)(C2)C3)nc(C(C)(F)F)nc1Oc1ccccc1. The fraction of sp³-hybridized carbons (Fsp3) is 0.450. The number of hydrogen-bond donors (Lipinski definition) is 1. The van der Waals surface area contributed by atoms with Crippen molar-refractivity contribution in [1.82, 2.24) is 9.97 Å². The number of ether oxygens (including phenoxy) is 2. The number of para-hydroxylation sites is 1. The van der Waals surface area contributed by atoms with Gasteiger partial charge in [-0.1, -0.05) is 18.2 Å². The first-order valence-corrected chi connectivity index (χ1v) is 11.4. The van der Waals surface area contributed by atoms with Crippen LogP contribution in [0.15, 0.2) is 30.3 Å². The van der Waals surface area contributed by atoms with E-state index in [4.69, 9.17) is 9.47 Å². The van der Waals surface area contributed by atoms with Gasteiger partial charge in [-0.2, -0.15) is 13.8 Å². The minimum absolute atomic E-state index is 0.175. The molecule has 5 rings (SSSR count). The van der Waals surface area contributed by atoms with Gasteiger partial charge in [-0.25, -0.2) is 18.2 Å². The molecule has 0 radical (unpaired) electrons. The highest BCUT2D eigenvalue weighted by atomic mass is 32.2. The van der Waals surface area contributed by atoms with Crippen molar-refractivity contribution < 1.29 is 31.5 Å². The van der Waals surface area contributed by atoms with E-state index in [1.807, 2.05) is 0 Å². The van der Waals surface area contributed by atoms with E-state index in [2.05, 4.69) is 15.3 Å². The van der Waals surface area contributed by atoms with Gasteiger partial charge in [0.1, 0.15) is 11.6 Å². The van der Waals surface area contributed by atoms with Gasteiger partial charge in [-0.3, -0.25) is 0 Å². The molecule has 11 heteroatoms. The van der Waals surface area contributed by atoms with E-state index >= 15 is 0 Å². The molecule has 0 amide bonds. The van der Waals surface area contributed by atoms with Crippen molar-refractivity contribution in [2.45, 2.75) is 42.4 Å². The summed E-state index contributed by atoms with van der Waals surface area (Å²) in [6.45, 7) is 0.635. The number of sulfone groups is 1. The van der Waals surface area contributed by atoms with E-state index in [1.165, 1.54) is 6.26 Å². The molecule has 31 heavy (non-hydrogen) atoms. The van der Waals surface area contributed by atoms with Crippen LogP contribution in [0.5, 0.6) is 11.6 Å². The standard InChI is InChI=1S/C20H21F2N3O5S/c1-18(21,22)17-23-14(25-19-9-20(10-19,11-19)31(3,27)28)13(16(26)29-2)15(24-17)30-12-7-5-4-6-8-12/h4-8H,9-11H2,1-3H3,(H,23,24,25). The number of carbonyl (C=O) groups is 1. The van der Waals surface area contributed by atoms with Crippen LogP contribution in [0.4, 0.5) is 14.6 Å². The second kappa shape index (κ2) is 6.84. The summed E-state index contributed by atoms with van der Waals surface area (Å²) in [6.07, 6.45) is 2.09. The number of alkyl halides is 2. The number of halogens is 2. The van der Waals surface area contributed by atoms with Gasteiger partial charge in [0.2, 0.25) is 11.7 Å². The van der Waals surface area contributed by atoms with Crippen molar-refractivity contribution in [1.29, 1.82) is 0 Å². The van der Waals surface area contributed by atoms with Gasteiger partial charge in [0.25, 0.3) is 0 Å². The molecule has 8 nitrogen and oxygen atoms in total. The Morgan fingerprint density at radius 1 is 1.16 bits per heavy atom. The Hall–Kier alpha value is -2.82. The van der Waals surface area contributed by atoms with Crippen LogP contribution in [0.1, 0.15) is 42.4 Å². The third-order valence-electron chi connectivity index (χ3n) is 5.77. The lowest BCUT2D eigenvalue weighted by Crippen LogP contribution is -2.78. The molecule has 0 aliphatic heterocycles. The van der Waals surface area contributed by atoms with Crippen LogP contribution in [0, 0.1) is 0 Å². The summed E-state index contributed by atoms with van der Waals surface area (Å²) in [5.41, 5.74) is -0.887. The molecule has 2 bridgehead atoms. The lowest BCUT2D eigenvalue weighted by atomic mass is 9.49. The Labute approximate surface area is 177 Å². The van der Waals surface area contributed by atoms with Gasteiger partial charge in [0.05, 0.1) is 11.9 Å². The summed E-state index contributed by atoms with van der Waals surface area (Å²) in [6, 6.07) is 8.26. The van der Waals surface area contributed by atoms with E-state index in [1.54, 1.807) is 30.3 Å². The number of hydrogen-bond acceptors (Lipinski definition) is 8. The molecule has 0 spiro atoms. The number of aromatic nitrogens is 2. The third-order valence-corrected chi connectivity index (χ3v) is 7.77. The highest BCUT2D eigenvalue weighted by Crippen LogP contribution is 2.65. The number of anilines is 1. The molecule has 1 N–H and O–H groups in total. The Morgan fingerprint density at radius 2 is 1.77 bits per heavy atom. The molecule has 0 saturated heterocycles. The van der Waals surface area contributed by atoms with Crippen molar-refractivity contribution in [3.05, 3.63) is 41.7 Å². The Bertz CT molecular complexity index is 1130. The highest BCUT2D eigenvalue weighted by molar-refractivity contribution is 7.92. The number of methoxy groups -OCH3 is 1. The van der Waals surface area contributed by atoms with Crippen molar-refractivity contribution >= 4 is 21.6 Å². The van der Waals surface area contributed by atoms with Crippen molar-refractivity contribution in [3.8, 4) is 11.6 Å². The van der Waals surface area contributed by atoms with Crippen molar-refractivity contribution in [3.63, 3.8) is 0 Å². The van der Waals surface area contributed by atoms with Crippen molar-refractivity contribution in [2.24, 2.45) is 0 Å². The zero-order valence-corrected chi connectivity index (χ0v) is 17.9. The van der Waals surface area contributed by atoms with E-state index in [0.717, 1.165) is 7.11 Å². The molecule has 1 heterocycles. The predicted molar refractivity (Wildman–Crippen MR) is 107 cm³/mol. The number of benzene rings is 1. The highest BCUT2D eigenvalue weighted by Gasteiger charge is 2.73. The summed E-state index contributed by atoms with van der Waals surface area (Å²) in [5.74, 6) is -5.39. The summed E-state index contributed by atoms with van der Waals surface area (Å²) in [4.78, 5) is 20.2. The van der Waals surface area contributed by atoms with Crippen LogP contribution in [0.3, 0.4) is 0 Å². The van der Waals surface area contributed by atoms with Crippen LogP contribution in [0.2, 0.25) is 0 Å². The maximum absolute atomic E-state index is 14.1. The molecular formula is C20H21F2N3O5S. The fourth-order valence-electron chi connectivity index (χ4n) is 4.16. The molecule has 3 saturated carbocycles. The number of nitrogens with zero attached hydrogens (tertiary/aromatic N) is 2. The number of nitrogens with one attached hydrogen (secondary N) is 1. The topological polar surface area (TPSA) is 107 Å². The zero-order valence-electron chi connectivity index (χ0n) is 17.1. The molecule has 3 aliphatic carbocycles. The first kappa shape index (κ1) is 21.4. The van der Waals surface area contributed by atoms with Gasteiger partial charge in [0.15, 0.2) is 15.4 Å². The van der Waals surface area contributed by atoms with Crippen LogP contribution in [-0.2, 0) is 20.5 Å². The molecule has 3 aliphatic rings. The van der Waals surface area contributed by atoms with Gasteiger partial charge >= 0.3 is 11.9 Å². The number of rotatable bonds is 7. The summed E-state index contributed by atoms with van der Waals surface area (Å²) >= 11 is 0. The molecule has 0 unspecified atom stereocenters. The van der Waals surface area contributed by atoms with Crippen LogP contribution in [-0.4, -0.2) is 48.0 Å². The molecule has 1 aromatic heterocycles. The smallest absolute Gasteiger partial charge is 0.347 e. The Morgan fingerprint density at radius 3 is 2.29 bits per heavy atom. The lowest BCUT2D eigenvalue weighted by molar-refractivity contribution is 0.00648. The van der Waals surface area contributed by atoms with Crippen LogP contribution >= 0.6 is 0 Å². The maximum Gasteiger partial charge on any atom is 0.347 e. The van der Waals surface area contributed by atoms with Gasteiger partial charge in [-0.15, -0.1) is 0 Å². The molecular weight excluding hydrogens is 432 g/mol. The van der Waals surface area contributed by atoms with E-state index in [0.29, 0.717) is 26.2 Å². The number of esters is 1. The minimum atomic E-state index is -3.41. The number of carbonyl (C=O) groups excluding carboxylic acids is 1. The van der Waals surface area contributed by atoms with E-state index < -0.39 is 37.8 Å². The molecule has 2 aromatic rings. The maximum atomic E-state index is 14.1. The third kappa shape index (κ3) is 3.60. The van der Waals surface area contributed by atoms with Crippen LogP contribution < -0.4 is 10.1 Å². The summed E-state index contributed by atoms with van der Waals surface area (Å²) in [5, 5.41) is 3.01. The van der Waals surface area contributed by atoms with Crippen LogP contribution in [0.25, 0.3) is 0 Å². The first-order chi connectivity index (χ1) is 14.4. The largest absolute Gasteiger partial charge is 0.465 e. The van der Waals surface area contributed by atoms with Gasteiger partial charge in [0, 0.05) is 18.7 Å². The van der Waals surface area contributed by atoms with E-state index in [9.17, 15) is 22.0 Å². The quantitative estimate of drug-likeness (QED) is 0.637. The van der Waals surface area contributed by atoms with Gasteiger partial charge < -0.3 is 14.8 Å². The average molecular weight is 453 g/mol. The normalized spacial score (nSPS) is 24.5. The monoisotopic (exact) mass is 453 g/mol. The molecule has 1 aromatic carbocycles. The minimum Gasteiger partial charge on any atom is -0.465 e. The zero-order chi connectivity index (χ0) is 22.7. The predicted octanol–water partition coefficient (Wildman–Crippen LogP) is 3.30. The molecule has 0 atom stereocenters. The van der Waals surface area contributed by atoms with E-state index in [-0.39, 0.29) is 23.0 Å². The Balaban J connectivity index is 1.76. The first-order valence-electron chi connectivity index (χ1n) is 9.47. The molecule has 166 valence electrons. The average Bonchev–Trinajstić information content (AvgIpc) is 2.61. The molecule has 3 fully saturated rings. The lowest BCUT2D eigenvalue weighted by Gasteiger charge is -2.69. The second-order valence-electron chi connectivity index (χ2n) is 8.26. The summed E-state index contributed by atoms with van der Waals surface area (Å²) in [7, 11) is -2.11. The second-order valence-corrected chi connectivity index (χ2v) is 10.7. The summed E-state index contributed by atoms with van der Waals surface area (Å²) < 4.78 is 61.9.